The van der Waals surface area contributed by atoms with Crippen LogP contribution < -0.4 is 5.32 Å². The summed E-state index contributed by atoms with van der Waals surface area (Å²) in [6.45, 7) is 2.29. The number of nitro groups is 1. The van der Waals surface area contributed by atoms with E-state index in [1.165, 1.54) is 6.07 Å². The molecule has 0 atom stereocenters. The van der Waals surface area contributed by atoms with E-state index in [0.717, 1.165) is 11.3 Å². The Balaban J connectivity index is 2.18. The third-order valence-electron chi connectivity index (χ3n) is 2.43. The molecule has 0 spiro atoms. The summed E-state index contributed by atoms with van der Waals surface area (Å²) in [5.74, 6) is 0. The molecule has 0 bridgehead atoms. The van der Waals surface area contributed by atoms with Crippen molar-refractivity contribution in [1.82, 2.24) is 9.97 Å². The summed E-state index contributed by atoms with van der Waals surface area (Å²) < 4.78 is 0. The molecule has 0 saturated heterocycles. The molecule has 2 aromatic rings. The topological polar surface area (TPSA) is 81.0 Å². The van der Waals surface area contributed by atoms with E-state index in [2.05, 4.69) is 15.3 Å². The number of hydrogen-bond donors (Lipinski definition) is 1. The molecule has 0 aliphatic heterocycles. The minimum Gasteiger partial charge on any atom is -0.374 e. The smallest absolute Gasteiger partial charge is 0.292 e. The minimum absolute atomic E-state index is 0.0597. The first kappa shape index (κ1) is 12.0. The van der Waals surface area contributed by atoms with E-state index in [1.807, 2.05) is 6.92 Å². The minimum atomic E-state index is -0.404. The number of anilines is 1. The molecular formula is C12H12N4O2. The van der Waals surface area contributed by atoms with Gasteiger partial charge >= 0.3 is 0 Å². The molecule has 6 heteroatoms. The first-order valence-corrected chi connectivity index (χ1v) is 5.40. The molecule has 0 aliphatic rings. The predicted molar refractivity (Wildman–Crippen MR) is 67.2 cm³/mol. The Bertz CT molecular complexity index is 557. The number of aryl methyl sites for hydroxylation is 1. The Labute approximate surface area is 104 Å². The number of hydrogen-bond acceptors (Lipinski definition) is 5. The monoisotopic (exact) mass is 244 g/mol. The van der Waals surface area contributed by atoms with Crippen LogP contribution in [0.4, 0.5) is 11.4 Å². The van der Waals surface area contributed by atoms with Gasteiger partial charge in [-0.05, 0) is 18.6 Å². The third kappa shape index (κ3) is 2.79. The molecule has 18 heavy (non-hydrogen) atoms. The molecule has 1 heterocycles. The van der Waals surface area contributed by atoms with Gasteiger partial charge in [0, 0.05) is 18.5 Å². The second-order valence-electron chi connectivity index (χ2n) is 3.83. The summed E-state index contributed by atoms with van der Waals surface area (Å²) in [6, 6.07) is 4.95. The quantitative estimate of drug-likeness (QED) is 0.659. The fourth-order valence-corrected chi connectivity index (χ4v) is 1.56. The third-order valence-corrected chi connectivity index (χ3v) is 2.43. The number of aromatic nitrogens is 2. The zero-order valence-corrected chi connectivity index (χ0v) is 9.83. The molecule has 0 amide bonds. The fourth-order valence-electron chi connectivity index (χ4n) is 1.56. The van der Waals surface area contributed by atoms with Crippen molar-refractivity contribution in [3.05, 3.63) is 58.2 Å². The second-order valence-corrected chi connectivity index (χ2v) is 3.83. The average molecular weight is 244 g/mol. The zero-order valence-electron chi connectivity index (χ0n) is 9.83. The SMILES string of the molecule is Cc1ccc([N+](=O)[O-])c(NCc2cnccn2)c1. The highest BCUT2D eigenvalue weighted by Crippen LogP contribution is 2.25. The van der Waals surface area contributed by atoms with E-state index in [1.54, 1.807) is 30.7 Å². The van der Waals surface area contributed by atoms with Gasteiger partial charge in [-0.2, -0.15) is 0 Å². The van der Waals surface area contributed by atoms with Gasteiger partial charge in [0.1, 0.15) is 5.69 Å². The van der Waals surface area contributed by atoms with E-state index in [9.17, 15) is 10.1 Å². The summed E-state index contributed by atoms with van der Waals surface area (Å²) in [5, 5.41) is 13.9. The first-order valence-electron chi connectivity index (χ1n) is 5.40. The second kappa shape index (κ2) is 5.22. The van der Waals surface area contributed by atoms with Crippen molar-refractivity contribution in [2.24, 2.45) is 0 Å². The van der Waals surface area contributed by atoms with Crippen LogP contribution in [0.25, 0.3) is 0 Å². The van der Waals surface area contributed by atoms with Gasteiger partial charge in [-0.15, -0.1) is 0 Å². The van der Waals surface area contributed by atoms with Crippen molar-refractivity contribution in [2.75, 3.05) is 5.32 Å². The van der Waals surface area contributed by atoms with Gasteiger partial charge in [0.05, 0.1) is 23.4 Å². The molecule has 92 valence electrons. The van der Waals surface area contributed by atoms with E-state index >= 15 is 0 Å². The summed E-state index contributed by atoms with van der Waals surface area (Å²) in [5.41, 5.74) is 2.24. The van der Waals surface area contributed by atoms with E-state index in [-0.39, 0.29) is 5.69 Å². The number of nitrogens with one attached hydrogen (secondary N) is 1. The van der Waals surface area contributed by atoms with Crippen molar-refractivity contribution in [2.45, 2.75) is 13.5 Å². The van der Waals surface area contributed by atoms with Gasteiger partial charge in [-0.3, -0.25) is 20.1 Å². The van der Waals surface area contributed by atoms with Crippen molar-refractivity contribution >= 4 is 11.4 Å². The van der Waals surface area contributed by atoms with Crippen LogP contribution >= 0.6 is 0 Å². The predicted octanol–water partition coefficient (Wildman–Crippen LogP) is 2.31. The number of benzene rings is 1. The van der Waals surface area contributed by atoms with Crippen molar-refractivity contribution in [1.29, 1.82) is 0 Å². The first-order chi connectivity index (χ1) is 8.66. The highest BCUT2D eigenvalue weighted by Gasteiger charge is 2.12. The van der Waals surface area contributed by atoms with Crippen LogP contribution in [0.1, 0.15) is 11.3 Å². The fraction of sp³-hybridized carbons (Fsp3) is 0.167. The van der Waals surface area contributed by atoms with Crippen LogP contribution in [-0.4, -0.2) is 14.9 Å². The maximum Gasteiger partial charge on any atom is 0.292 e. The van der Waals surface area contributed by atoms with E-state index in [0.29, 0.717) is 12.2 Å². The summed E-state index contributed by atoms with van der Waals surface area (Å²) in [7, 11) is 0. The highest BCUT2D eigenvalue weighted by atomic mass is 16.6. The van der Waals surface area contributed by atoms with Gasteiger partial charge < -0.3 is 5.32 Å². The molecule has 0 unspecified atom stereocenters. The van der Waals surface area contributed by atoms with Crippen LogP contribution in [0.15, 0.2) is 36.8 Å². The lowest BCUT2D eigenvalue weighted by molar-refractivity contribution is -0.384. The Morgan fingerprint density at radius 2 is 2.22 bits per heavy atom. The standard InChI is InChI=1S/C12H12N4O2/c1-9-2-3-12(16(17)18)11(6-9)15-8-10-7-13-4-5-14-10/h2-7,15H,8H2,1H3. The molecular weight excluding hydrogens is 232 g/mol. The van der Waals surface area contributed by atoms with Gasteiger partial charge in [-0.1, -0.05) is 6.07 Å². The Kier molecular flexibility index (Phi) is 3.47. The molecule has 0 fully saturated rings. The van der Waals surface area contributed by atoms with Crippen molar-refractivity contribution in [3.8, 4) is 0 Å². The molecule has 6 nitrogen and oxygen atoms in total. The molecule has 0 saturated carbocycles. The van der Waals surface area contributed by atoms with Gasteiger partial charge in [-0.25, -0.2) is 0 Å². The molecule has 1 aromatic carbocycles. The summed E-state index contributed by atoms with van der Waals surface area (Å²) in [4.78, 5) is 18.5. The maximum atomic E-state index is 10.9. The van der Waals surface area contributed by atoms with Crippen molar-refractivity contribution < 1.29 is 4.92 Å². The van der Waals surface area contributed by atoms with E-state index < -0.39 is 4.92 Å². The van der Waals surface area contributed by atoms with Gasteiger partial charge in [0.15, 0.2) is 0 Å². The van der Waals surface area contributed by atoms with Crippen LogP contribution in [0, 0.1) is 17.0 Å². The lowest BCUT2D eigenvalue weighted by Gasteiger charge is -2.07. The Hall–Kier alpha value is -2.50. The van der Waals surface area contributed by atoms with E-state index in [4.69, 9.17) is 0 Å². The Morgan fingerprint density at radius 3 is 2.89 bits per heavy atom. The molecule has 1 aromatic heterocycles. The summed E-state index contributed by atoms with van der Waals surface area (Å²) in [6.07, 6.45) is 4.79. The zero-order chi connectivity index (χ0) is 13.0. The lowest BCUT2D eigenvalue weighted by atomic mass is 10.2. The molecule has 2 rings (SSSR count). The molecule has 0 aliphatic carbocycles. The lowest BCUT2D eigenvalue weighted by Crippen LogP contribution is -2.04. The Morgan fingerprint density at radius 1 is 1.39 bits per heavy atom. The largest absolute Gasteiger partial charge is 0.374 e. The number of nitrogens with zero attached hydrogens (tertiary/aromatic N) is 3. The normalized spacial score (nSPS) is 10.1. The molecule has 1 N–H and O–H groups in total. The van der Waals surface area contributed by atoms with Crippen LogP contribution in [0.2, 0.25) is 0 Å². The average Bonchev–Trinajstić information content (AvgIpc) is 2.37. The van der Waals surface area contributed by atoms with Crippen LogP contribution in [0.3, 0.4) is 0 Å². The summed E-state index contributed by atoms with van der Waals surface area (Å²) >= 11 is 0. The highest BCUT2D eigenvalue weighted by molar-refractivity contribution is 5.62. The van der Waals surface area contributed by atoms with Crippen molar-refractivity contribution in [3.63, 3.8) is 0 Å². The molecule has 0 radical (unpaired) electrons. The van der Waals surface area contributed by atoms with Crippen LogP contribution in [-0.2, 0) is 6.54 Å². The number of nitro benzene ring substituents is 1. The van der Waals surface area contributed by atoms with Gasteiger partial charge in [0.2, 0.25) is 0 Å². The van der Waals surface area contributed by atoms with Gasteiger partial charge in [0.25, 0.3) is 5.69 Å². The maximum absolute atomic E-state index is 10.9. The number of rotatable bonds is 4. The van der Waals surface area contributed by atoms with Crippen LogP contribution in [0.5, 0.6) is 0 Å².